The zero-order valence-corrected chi connectivity index (χ0v) is 12.7. The molecule has 116 valence electrons. The maximum absolute atomic E-state index is 13.1. The molecule has 0 amide bonds. The molecule has 4 rings (SSSR count). The highest BCUT2D eigenvalue weighted by atomic mass is 19.3. The third-order valence-electron chi connectivity index (χ3n) is 5.63. The van der Waals surface area contributed by atoms with Gasteiger partial charge in [-0.2, -0.15) is 0 Å². The largest absolute Gasteiger partial charge is 0.314 e. The van der Waals surface area contributed by atoms with E-state index < -0.39 is 5.92 Å². The molecule has 1 N–H and O–H groups in total. The van der Waals surface area contributed by atoms with Crippen molar-refractivity contribution in [3.8, 4) is 0 Å². The first-order valence-electron chi connectivity index (χ1n) is 8.33. The third-order valence-corrected chi connectivity index (χ3v) is 5.63. The number of rotatable bonds is 4. The number of fused-ring (bicyclic) bond motifs is 2. The molecule has 3 atom stereocenters. The highest BCUT2D eigenvalue weighted by molar-refractivity contribution is 5.03. The number of hydrogen-bond donors (Lipinski definition) is 1. The van der Waals surface area contributed by atoms with Gasteiger partial charge >= 0.3 is 0 Å². The molecule has 4 aliphatic rings. The van der Waals surface area contributed by atoms with Gasteiger partial charge in [-0.25, -0.2) is 8.78 Å². The summed E-state index contributed by atoms with van der Waals surface area (Å²) < 4.78 is 26.2. The van der Waals surface area contributed by atoms with Crippen molar-refractivity contribution in [2.75, 3.05) is 6.54 Å². The van der Waals surface area contributed by atoms with Gasteiger partial charge < -0.3 is 5.32 Å². The first-order valence-corrected chi connectivity index (χ1v) is 8.33. The number of nitrogens with one attached hydrogen (secondary N) is 1. The van der Waals surface area contributed by atoms with E-state index in [2.05, 4.69) is 24.1 Å². The third kappa shape index (κ3) is 3.01. The second kappa shape index (κ2) is 5.53. The number of alkyl halides is 2. The molecule has 2 aliphatic heterocycles. The fourth-order valence-electron chi connectivity index (χ4n) is 4.55. The molecule has 4 fully saturated rings. The Hall–Kier alpha value is -0.220. The van der Waals surface area contributed by atoms with Crippen LogP contribution in [0, 0.1) is 5.92 Å². The Kier molecular flexibility index (Phi) is 4.06. The molecule has 2 unspecified atom stereocenters. The summed E-state index contributed by atoms with van der Waals surface area (Å²) in [5.74, 6) is -1.92. The predicted octanol–water partition coefficient (Wildman–Crippen LogP) is 3.42. The summed E-state index contributed by atoms with van der Waals surface area (Å²) in [5, 5.41) is 3.67. The van der Waals surface area contributed by atoms with Crippen LogP contribution in [0.1, 0.15) is 58.8 Å². The summed E-state index contributed by atoms with van der Waals surface area (Å²) in [4.78, 5) is 2.65. The maximum atomic E-state index is 13.1. The van der Waals surface area contributed by atoms with E-state index in [1.54, 1.807) is 0 Å². The topological polar surface area (TPSA) is 15.3 Å². The van der Waals surface area contributed by atoms with Gasteiger partial charge in [-0.1, -0.05) is 0 Å². The summed E-state index contributed by atoms with van der Waals surface area (Å²) in [6, 6.07) is 2.82. The summed E-state index contributed by atoms with van der Waals surface area (Å²) >= 11 is 0. The summed E-state index contributed by atoms with van der Waals surface area (Å²) in [6.45, 7) is 5.52. The molecule has 0 aromatic heterocycles. The van der Waals surface area contributed by atoms with Crippen LogP contribution in [0.5, 0.6) is 0 Å². The average Bonchev–Trinajstić information content (AvgIpc) is 2.37. The lowest BCUT2D eigenvalue weighted by Crippen LogP contribution is -2.66. The molecule has 4 heteroatoms. The van der Waals surface area contributed by atoms with Gasteiger partial charge in [-0.05, 0) is 58.4 Å². The standard InChI is InChI=1S/C16H28F2N2/c1-11(2)20-14-7-13(8-15(20)9-14)19-10-12-3-5-16(17,18)6-4-12/h11-15,19H,3-10H2,1-2H3/t13?,14-,15?/m0/s1. The maximum Gasteiger partial charge on any atom is 0.248 e. The fraction of sp³-hybridized carbons (Fsp3) is 1.00. The Morgan fingerprint density at radius 3 is 2.25 bits per heavy atom. The molecule has 0 radical (unpaired) electrons. The van der Waals surface area contributed by atoms with Crippen LogP contribution in [0.3, 0.4) is 0 Å². The minimum absolute atomic E-state index is 0.0936. The van der Waals surface area contributed by atoms with Crippen molar-refractivity contribution in [2.24, 2.45) is 5.92 Å². The lowest BCUT2D eigenvalue weighted by atomic mass is 9.75. The molecule has 2 aliphatic carbocycles. The van der Waals surface area contributed by atoms with Crippen LogP contribution in [-0.4, -0.2) is 41.5 Å². The molecule has 0 spiro atoms. The minimum atomic E-state index is -2.39. The van der Waals surface area contributed by atoms with Gasteiger partial charge in [0, 0.05) is 37.0 Å². The number of nitrogens with zero attached hydrogens (tertiary/aromatic N) is 1. The van der Waals surface area contributed by atoms with E-state index in [1.165, 1.54) is 19.3 Å². The van der Waals surface area contributed by atoms with Crippen LogP contribution in [0.4, 0.5) is 8.78 Å². The lowest BCUT2D eigenvalue weighted by Gasteiger charge is -2.57. The van der Waals surface area contributed by atoms with E-state index in [0.29, 0.717) is 30.8 Å². The van der Waals surface area contributed by atoms with Crippen molar-refractivity contribution in [2.45, 2.75) is 88.9 Å². The molecular formula is C16H28F2N2. The van der Waals surface area contributed by atoms with E-state index in [4.69, 9.17) is 0 Å². The van der Waals surface area contributed by atoms with Crippen molar-refractivity contribution < 1.29 is 8.78 Å². The number of piperidine rings is 1. The van der Waals surface area contributed by atoms with Crippen LogP contribution in [0.25, 0.3) is 0 Å². The second-order valence-corrected chi connectivity index (χ2v) is 7.46. The van der Waals surface area contributed by atoms with Crippen molar-refractivity contribution in [3.05, 3.63) is 0 Å². The van der Waals surface area contributed by atoms with E-state index in [1.807, 2.05) is 0 Å². The van der Waals surface area contributed by atoms with Crippen LogP contribution < -0.4 is 5.32 Å². The molecule has 2 bridgehead atoms. The van der Waals surface area contributed by atoms with Gasteiger partial charge in [0.15, 0.2) is 0 Å². The Balaban J connectivity index is 1.39. The lowest BCUT2D eigenvalue weighted by molar-refractivity contribution is -0.0657. The van der Waals surface area contributed by atoms with Crippen molar-refractivity contribution >= 4 is 0 Å². The number of halogens is 2. The summed E-state index contributed by atoms with van der Waals surface area (Å²) in [7, 11) is 0. The van der Waals surface area contributed by atoms with Gasteiger partial charge in [0.05, 0.1) is 0 Å². The zero-order chi connectivity index (χ0) is 14.3. The smallest absolute Gasteiger partial charge is 0.248 e. The predicted molar refractivity (Wildman–Crippen MR) is 77.1 cm³/mol. The van der Waals surface area contributed by atoms with E-state index >= 15 is 0 Å². The normalized spacial score (nSPS) is 38.0. The van der Waals surface area contributed by atoms with Gasteiger partial charge in [-0.15, -0.1) is 0 Å². The molecule has 0 aromatic rings. The minimum Gasteiger partial charge on any atom is -0.314 e. The Labute approximate surface area is 121 Å². The van der Waals surface area contributed by atoms with Crippen LogP contribution in [-0.2, 0) is 0 Å². The Bertz CT molecular complexity index is 323. The van der Waals surface area contributed by atoms with Crippen molar-refractivity contribution in [1.29, 1.82) is 0 Å². The second-order valence-electron chi connectivity index (χ2n) is 7.46. The molecule has 2 nitrogen and oxygen atoms in total. The van der Waals surface area contributed by atoms with Gasteiger partial charge in [0.25, 0.3) is 0 Å². The first kappa shape index (κ1) is 14.7. The molecule has 0 aromatic carbocycles. The van der Waals surface area contributed by atoms with Crippen LogP contribution in [0.2, 0.25) is 0 Å². The molecule has 2 saturated heterocycles. The quantitative estimate of drug-likeness (QED) is 0.852. The van der Waals surface area contributed by atoms with Gasteiger partial charge in [-0.3, -0.25) is 4.90 Å². The Morgan fingerprint density at radius 2 is 1.70 bits per heavy atom. The molecule has 2 saturated carbocycles. The van der Waals surface area contributed by atoms with Gasteiger partial charge in [0.1, 0.15) is 0 Å². The fourth-order valence-corrected chi connectivity index (χ4v) is 4.55. The SMILES string of the molecule is CC(C)N1C2CC(NCC3CCC(F)(F)CC3)C[C@H]1C2. The monoisotopic (exact) mass is 286 g/mol. The molecular weight excluding hydrogens is 258 g/mol. The summed E-state index contributed by atoms with van der Waals surface area (Å²) in [5.41, 5.74) is 0. The van der Waals surface area contributed by atoms with E-state index in [0.717, 1.165) is 18.6 Å². The van der Waals surface area contributed by atoms with E-state index in [9.17, 15) is 8.78 Å². The highest BCUT2D eigenvalue weighted by Crippen LogP contribution is 2.40. The van der Waals surface area contributed by atoms with Crippen LogP contribution >= 0.6 is 0 Å². The Morgan fingerprint density at radius 1 is 1.10 bits per heavy atom. The van der Waals surface area contributed by atoms with Crippen molar-refractivity contribution in [1.82, 2.24) is 10.2 Å². The number of hydrogen-bond acceptors (Lipinski definition) is 2. The first-order chi connectivity index (χ1) is 9.44. The molecule has 20 heavy (non-hydrogen) atoms. The average molecular weight is 286 g/mol. The highest BCUT2D eigenvalue weighted by Gasteiger charge is 2.46. The van der Waals surface area contributed by atoms with Crippen LogP contribution in [0.15, 0.2) is 0 Å². The zero-order valence-electron chi connectivity index (χ0n) is 12.7. The summed E-state index contributed by atoms with van der Waals surface area (Å²) in [6.07, 6.45) is 5.43. The van der Waals surface area contributed by atoms with Gasteiger partial charge in [0.2, 0.25) is 5.92 Å². The van der Waals surface area contributed by atoms with Crippen molar-refractivity contribution in [3.63, 3.8) is 0 Å². The molecule has 2 heterocycles. The van der Waals surface area contributed by atoms with E-state index in [-0.39, 0.29) is 12.8 Å².